The normalized spacial score (nSPS) is 16.5. The average molecular weight is 532 g/mol. The number of carbonyl (C=O) groups is 1. The van der Waals surface area contributed by atoms with Crippen LogP contribution in [0.15, 0.2) is 62.7 Å². The number of thiophene rings is 1. The third kappa shape index (κ3) is 5.40. The summed E-state index contributed by atoms with van der Waals surface area (Å²) in [6, 6.07) is 5.05. The Labute approximate surface area is 220 Å². The second-order valence-corrected chi connectivity index (χ2v) is 12.2. The number of rotatable bonds is 3. The fourth-order valence-corrected chi connectivity index (χ4v) is 5.07. The molecule has 4 rings (SSSR count). The zero-order chi connectivity index (χ0) is 25.5. The van der Waals surface area contributed by atoms with Crippen molar-refractivity contribution in [2.75, 3.05) is 13.2 Å². The Balaban J connectivity index is 1.99. The molecule has 35 heavy (non-hydrogen) atoms. The molecular formula is C27H28Cl2N2O3S. The lowest BCUT2D eigenvalue weighted by Crippen LogP contribution is -2.28. The highest BCUT2D eigenvalue weighted by molar-refractivity contribution is 7.11. The first kappa shape index (κ1) is 25.7. The van der Waals surface area contributed by atoms with E-state index in [9.17, 15) is 4.79 Å². The van der Waals surface area contributed by atoms with E-state index in [0.717, 1.165) is 21.6 Å². The van der Waals surface area contributed by atoms with Gasteiger partial charge in [-0.2, -0.15) is 0 Å². The summed E-state index contributed by atoms with van der Waals surface area (Å²) in [5.41, 5.74) is 2.52. The van der Waals surface area contributed by atoms with Gasteiger partial charge >= 0.3 is 0 Å². The minimum Gasteiger partial charge on any atom is -0.485 e. The molecule has 1 aliphatic carbocycles. The van der Waals surface area contributed by atoms with E-state index in [4.69, 9.17) is 32.7 Å². The average Bonchev–Trinajstić information content (AvgIpc) is 3.19. The molecular weight excluding hydrogens is 503 g/mol. The van der Waals surface area contributed by atoms with Crippen molar-refractivity contribution in [1.82, 2.24) is 0 Å². The lowest BCUT2D eigenvalue weighted by atomic mass is 9.71. The maximum atomic E-state index is 13.5. The van der Waals surface area contributed by atoms with Crippen LogP contribution in [0.5, 0.6) is 11.5 Å². The number of carbonyl (C=O) groups excluding carboxylic acids is 1. The molecule has 0 bridgehead atoms. The van der Waals surface area contributed by atoms with E-state index < -0.39 is 0 Å². The van der Waals surface area contributed by atoms with Gasteiger partial charge in [0, 0.05) is 27.1 Å². The molecule has 2 heterocycles. The summed E-state index contributed by atoms with van der Waals surface area (Å²) in [5, 5.41) is 12.0. The predicted molar refractivity (Wildman–Crippen MR) is 143 cm³/mol. The second-order valence-electron chi connectivity index (χ2n) is 10.5. The van der Waals surface area contributed by atoms with Gasteiger partial charge in [-0.25, -0.2) is 0 Å². The number of azo groups is 1. The first-order chi connectivity index (χ1) is 16.4. The van der Waals surface area contributed by atoms with Crippen molar-refractivity contribution in [3.05, 3.63) is 67.4 Å². The minimum atomic E-state index is -0.361. The molecule has 0 fully saturated rings. The minimum absolute atomic E-state index is 0.0516. The SMILES string of the molecule is CC(C)(C)C1=CC(=C(N=Nc2cc(Cl)ccc2Cl)c2scc3c2OCCO3)C=C(C(C)(C)C)C1=O. The zero-order valence-corrected chi connectivity index (χ0v) is 23.0. The number of allylic oxidation sites excluding steroid dienone is 5. The Kier molecular flexibility index (Phi) is 7.02. The lowest BCUT2D eigenvalue weighted by molar-refractivity contribution is -0.114. The van der Waals surface area contributed by atoms with Crippen LogP contribution >= 0.6 is 34.5 Å². The maximum absolute atomic E-state index is 13.5. The summed E-state index contributed by atoms with van der Waals surface area (Å²) >= 11 is 14.0. The van der Waals surface area contributed by atoms with Gasteiger partial charge in [-0.15, -0.1) is 21.6 Å². The maximum Gasteiger partial charge on any atom is 0.186 e. The van der Waals surface area contributed by atoms with Crippen molar-refractivity contribution in [1.29, 1.82) is 0 Å². The number of hydrogen-bond donors (Lipinski definition) is 0. The Morgan fingerprint density at radius 3 is 2.23 bits per heavy atom. The number of halogens is 2. The van der Waals surface area contributed by atoms with Gasteiger partial charge < -0.3 is 9.47 Å². The van der Waals surface area contributed by atoms with Crippen LogP contribution in [0, 0.1) is 10.8 Å². The van der Waals surface area contributed by atoms with E-state index in [1.165, 1.54) is 11.3 Å². The number of hydrogen-bond acceptors (Lipinski definition) is 6. The van der Waals surface area contributed by atoms with Crippen LogP contribution < -0.4 is 9.47 Å². The van der Waals surface area contributed by atoms with E-state index in [-0.39, 0.29) is 16.6 Å². The number of ketones is 1. The molecule has 0 amide bonds. The Morgan fingerprint density at radius 2 is 1.60 bits per heavy atom. The molecule has 184 valence electrons. The summed E-state index contributed by atoms with van der Waals surface area (Å²) in [6.07, 6.45) is 3.84. The Morgan fingerprint density at radius 1 is 0.971 bits per heavy atom. The smallest absolute Gasteiger partial charge is 0.186 e. The fourth-order valence-electron chi connectivity index (χ4n) is 3.81. The largest absolute Gasteiger partial charge is 0.485 e. The molecule has 5 nitrogen and oxygen atoms in total. The van der Waals surface area contributed by atoms with Gasteiger partial charge in [0.2, 0.25) is 0 Å². The number of benzene rings is 1. The van der Waals surface area contributed by atoms with E-state index in [1.54, 1.807) is 18.2 Å². The number of Topliss-reactive ketones (excluding diaryl/α,β-unsaturated/α-hetero) is 1. The van der Waals surface area contributed by atoms with Crippen LogP contribution in [0.2, 0.25) is 10.0 Å². The van der Waals surface area contributed by atoms with Gasteiger partial charge in [0.25, 0.3) is 0 Å². The van der Waals surface area contributed by atoms with Crippen LogP contribution in [0.1, 0.15) is 46.4 Å². The summed E-state index contributed by atoms with van der Waals surface area (Å²) in [6.45, 7) is 13.2. The van der Waals surface area contributed by atoms with Crippen LogP contribution in [-0.2, 0) is 4.79 Å². The topological polar surface area (TPSA) is 60.3 Å². The van der Waals surface area contributed by atoms with Gasteiger partial charge in [-0.1, -0.05) is 64.7 Å². The highest BCUT2D eigenvalue weighted by Gasteiger charge is 2.35. The van der Waals surface area contributed by atoms with E-state index in [1.807, 2.05) is 59.1 Å². The molecule has 8 heteroatoms. The fraction of sp³-hybridized carbons (Fsp3) is 0.370. The number of fused-ring (bicyclic) bond motifs is 1. The van der Waals surface area contributed by atoms with Gasteiger partial charge in [0.15, 0.2) is 17.3 Å². The van der Waals surface area contributed by atoms with Gasteiger partial charge in [-0.3, -0.25) is 4.79 Å². The summed E-state index contributed by atoms with van der Waals surface area (Å²) in [4.78, 5) is 14.3. The van der Waals surface area contributed by atoms with Crippen molar-refractivity contribution in [3.8, 4) is 11.5 Å². The Bertz CT molecular complexity index is 1270. The van der Waals surface area contributed by atoms with Crippen molar-refractivity contribution in [2.45, 2.75) is 41.5 Å². The summed E-state index contributed by atoms with van der Waals surface area (Å²) < 4.78 is 11.7. The molecule has 0 radical (unpaired) electrons. The second kappa shape index (κ2) is 9.57. The third-order valence-corrected chi connectivity index (χ3v) is 7.16. The monoisotopic (exact) mass is 530 g/mol. The van der Waals surface area contributed by atoms with Crippen LogP contribution in [0.3, 0.4) is 0 Å². The molecule has 0 saturated heterocycles. The molecule has 0 unspecified atom stereocenters. The first-order valence-electron chi connectivity index (χ1n) is 11.3. The van der Waals surface area contributed by atoms with E-state index in [2.05, 4.69) is 10.2 Å². The number of nitrogens with zero attached hydrogens (tertiary/aromatic N) is 2. The summed E-state index contributed by atoms with van der Waals surface area (Å²) in [5.74, 6) is 1.36. The van der Waals surface area contributed by atoms with Crippen molar-refractivity contribution in [3.63, 3.8) is 0 Å². The van der Waals surface area contributed by atoms with Crippen LogP contribution in [-0.4, -0.2) is 19.0 Å². The highest BCUT2D eigenvalue weighted by Crippen LogP contribution is 2.47. The van der Waals surface area contributed by atoms with E-state index in [0.29, 0.717) is 46.1 Å². The molecule has 0 N–H and O–H groups in total. The standard InChI is InChI=1S/C27H28Cl2N2O3S/c1-26(2,3)17-11-15(12-18(23(17)32)27(4,5)6)22(25-24-21(14-35-25)33-9-10-34-24)31-30-20-13-16(28)7-8-19(20)29/h7-8,11-14H,9-10H2,1-6H3. The number of ether oxygens (including phenoxy) is 2. The van der Waals surface area contributed by atoms with Crippen molar-refractivity contribution < 1.29 is 14.3 Å². The summed E-state index contributed by atoms with van der Waals surface area (Å²) in [7, 11) is 0. The van der Waals surface area contributed by atoms with Crippen molar-refractivity contribution >= 4 is 51.7 Å². The van der Waals surface area contributed by atoms with Crippen LogP contribution in [0.4, 0.5) is 5.69 Å². The quantitative estimate of drug-likeness (QED) is 0.372. The van der Waals surface area contributed by atoms with Gasteiger partial charge in [-0.05, 0) is 41.2 Å². The van der Waals surface area contributed by atoms with Gasteiger partial charge in [0.05, 0.1) is 5.02 Å². The Hall–Kier alpha value is -2.41. The van der Waals surface area contributed by atoms with Crippen molar-refractivity contribution in [2.24, 2.45) is 21.1 Å². The highest BCUT2D eigenvalue weighted by atomic mass is 35.5. The van der Waals surface area contributed by atoms with E-state index >= 15 is 0 Å². The third-order valence-electron chi connectivity index (χ3n) is 5.66. The lowest BCUT2D eigenvalue weighted by Gasteiger charge is -2.31. The molecule has 1 aliphatic heterocycles. The predicted octanol–water partition coefficient (Wildman–Crippen LogP) is 8.85. The molecule has 2 aliphatic rings. The van der Waals surface area contributed by atoms with Gasteiger partial charge in [0.1, 0.15) is 29.5 Å². The molecule has 0 saturated carbocycles. The molecule has 1 aromatic heterocycles. The zero-order valence-electron chi connectivity index (χ0n) is 20.7. The molecule has 2 aromatic rings. The first-order valence-corrected chi connectivity index (χ1v) is 13.0. The molecule has 0 spiro atoms. The molecule has 0 atom stereocenters. The molecule has 1 aromatic carbocycles. The van der Waals surface area contributed by atoms with Crippen LogP contribution in [0.25, 0.3) is 5.70 Å².